The number of benzene rings is 1. The molecule has 7 nitrogen and oxygen atoms in total. The Kier molecular flexibility index (Phi) is 7.04. The first-order chi connectivity index (χ1) is 16.1. The lowest BCUT2D eigenvalue weighted by Crippen LogP contribution is -2.51. The molecule has 1 aliphatic carbocycles. The topological polar surface area (TPSA) is 77.5 Å². The van der Waals surface area contributed by atoms with Gasteiger partial charge in [-0.2, -0.15) is 0 Å². The molecule has 0 radical (unpaired) electrons. The number of piperazine rings is 1. The van der Waals surface area contributed by atoms with Gasteiger partial charge >= 0.3 is 0 Å². The largest absolute Gasteiger partial charge is 0.379 e. The van der Waals surface area contributed by atoms with E-state index in [-0.39, 0.29) is 5.91 Å². The number of carbonyl (C=O) groups excluding carboxylic acids is 1. The van der Waals surface area contributed by atoms with Crippen molar-refractivity contribution < 1.29 is 4.79 Å². The lowest BCUT2D eigenvalue weighted by Gasteiger charge is -2.40. The van der Waals surface area contributed by atoms with E-state index in [2.05, 4.69) is 26.7 Å². The molecule has 33 heavy (non-hydrogen) atoms. The molecule has 1 aromatic rings. The minimum atomic E-state index is 0.157. The molecular weight excluding hydrogens is 432 g/mol. The van der Waals surface area contributed by atoms with Gasteiger partial charge < -0.3 is 10.6 Å². The van der Waals surface area contributed by atoms with Crippen molar-refractivity contribution in [1.29, 1.82) is 0 Å². The van der Waals surface area contributed by atoms with E-state index < -0.39 is 0 Å². The Morgan fingerprint density at radius 2 is 2.06 bits per heavy atom. The maximum absolute atomic E-state index is 13.0. The van der Waals surface area contributed by atoms with Crippen molar-refractivity contribution >= 4 is 34.7 Å². The SMILES string of the molecule is CCCN(CCN1CCN(C(=O)c2ccc3c(c2)CC=N3)CC1)C1CCC2N=C(N)SC2C1. The van der Waals surface area contributed by atoms with Gasteiger partial charge in [-0.05, 0) is 56.0 Å². The summed E-state index contributed by atoms with van der Waals surface area (Å²) in [6.45, 7) is 9.14. The number of hydrogen-bond donors (Lipinski definition) is 1. The molecule has 1 aromatic carbocycles. The normalized spacial score (nSPS) is 27.0. The molecule has 5 rings (SSSR count). The predicted molar refractivity (Wildman–Crippen MR) is 137 cm³/mol. The molecule has 3 aliphatic heterocycles. The number of nitrogens with zero attached hydrogens (tertiary/aromatic N) is 5. The van der Waals surface area contributed by atoms with Crippen LogP contribution < -0.4 is 5.73 Å². The average Bonchev–Trinajstić information content (AvgIpc) is 3.46. The summed E-state index contributed by atoms with van der Waals surface area (Å²) in [5.74, 6) is 0.157. The molecule has 4 aliphatic rings. The van der Waals surface area contributed by atoms with Crippen LogP contribution in [0.5, 0.6) is 0 Å². The first kappa shape index (κ1) is 22.9. The second kappa shape index (κ2) is 10.2. The Morgan fingerprint density at radius 3 is 2.88 bits per heavy atom. The van der Waals surface area contributed by atoms with Crippen LogP contribution in [-0.4, -0.2) is 95.1 Å². The Bertz CT molecular complexity index is 925. The fourth-order valence-electron chi connectivity index (χ4n) is 5.69. The van der Waals surface area contributed by atoms with E-state index >= 15 is 0 Å². The minimum Gasteiger partial charge on any atom is -0.379 e. The van der Waals surface area contributed by atoms with E-state index in [1.807, 2.05) is 29.3 Å². The smallest absolute Gasteiger partial charge is 0.253 e. The monoisotopic (exact) mass is 468 g/mol. The second-order valence-corrected chi connectivity index (χ2v) is 10.9. The van der Waals surface area contributed by atoms with Crippen LogP contribution in [0, 0.1) is 0 Å². The van der Waals surface area contributed by atoms with E-state index in [0.717, 1.165) is 74.2 Å². The fraction of sp³-hybridized carbons (Fsp3) is 0.640. The predicted octanol–water partition coefficient (Wildman–Crippen LogP) is 2.77. The zero-order valence-corrected chi connectivity index (χ0v) is 20.5. The van der Waals surface area contributed by atoms with Gasteiger partial charge in [0.2, 0.25) is 0 Å². The zero-order valence-electron chi connectivity index (χ0n) is 19.7. The van der Waals surface area contributed by atoms with Crippen LogP contribution in [0.1, 0.15) is 48.5 Å². The van der Waals surface area contributed by atoms with Crippen molar-refractivity contribution in [3.63, 3.8) is 0 Å². The molecule has 1 saturated heterocycles. The first-order valence-corrected chi connectivity index (χ1v) is 13.4. The number of rotatable bonds is 7. The van der Waals surface area contributed by atoms with E-state index in [0.29, 0.717) is 17.3 Å². The Morgan fingerprint density at radius 1 is 1.21 bits per heavy atom. The number of fused-ring (bicyclic) bond motifs is 2. The highest BCUT2D eigenvalue weighted by atomic mass is 32.2. The minimum absolute atomic E-state index is 0.157. The van der Waals surface area contributed by atoms with Crippen molar-refractivity contribution in [2.75, 3.05) is 45.8 Å². The Labute approximate surface area is 201 Å². The van der Waals surface area contributed by atoms with E-state index in [9.17, 15) is 4.79 Å². The molecule has 0 bridgehead atoms. The standard InChI is InChI=1S/C25H36N6OS/c1-2-9-30(20-4-6-22-23(17-20)33-25(26)28-22)13-10-29-11-14-31(15-12-29)24(32)19-3-5-21-18(16-19)7-8-27-21/h3,5,8,16,20,22-23H,2,4,6-7,9-15,17H2,1H3,(H2,26,28). The lowest BCUT2D eigenvalue weighted by atomic mass is 9.90. The number of nitrogens with two attached hydrogens (primary N) is 1. The van der Waals surface area contributed by atoms with Gasteiger partial charge in [0, 0.05) is 68.8 Å². The highest BCUT2D eigenvalue weighted by Gasteiger charge is 2.37. The van der Waals surface area contributed by atoms with Crippen molar-refractivity contribution in [3.05, 3.63) is 29.3 Å². The maximum Gasteiger partial charge on any atom is 0.253 e. The summed E-state index contributed by atoms with van der Waals surface area (Å²) < 4.78 is 0. The van der Waals surface area contributed by atoms with E-state index in [1.165, 1.54) is 25.7 Å². The summed E-state index contributed by atoms with van der Waals surface area (Å²) in [6, 6.07) is 7.01. The van der Waals surface area contributed by atoms with Crippen LogP contribution in [-0.2, 0) is 6.42 Å². The molecule has 0 aromatic heterocycles. The number of thioether (sulfide) groups is 1. The van der Waals surface area contributed by atoms with Crippen molar-refractivity contribution in [3.8, 4) is 0 Å². The van der Waals surface area contributed by atoms with Crippen LogP contribution in [0.25, 0.3) is 0 Å². The average molecular weight is 469 g/mol. The van der Waals surface area contributed by atoms with Gasteiger partial charge in [0.05, 0.1) is 11.7 Å². The number of carbonyl (C=O) groups is 1. The molecule has 178 valence electrons. The van der Waals surface area contributed by atoms with E-state index in [4.69, 9.17) is 5.73 Å². The number of hydrogen-bond acceptors (Lipinski definition) is 7. The van der Waals surface area contributed by atoms with Gasteiger partial charge in [-0.3, -0.25) is 24.6 Å². The van der Waals surface area contributed by atoms with Gasteiger partial charge in [-0.25, -0.2) is 0 Å². The molecular formula is C25H36N6OS. The molecule has 3 atom stereocenters. The highest BCUT2D eigenvalue weighted by Crippen LogP contribution is 2.37. The Balaban J connectivity index is 1.10. The molecule has 2 N–H and O–H groups in total. The third-order valence-corrected chi connectivity index (χ3v) is 8.71. The van der Waals surface area contributed by atoms with Crippen molar-refractivity contribution in [1.82, 2.24) is 14.7 Å². The van der Waals surface area contributed by atoms with Crippen molar-refractivity contribution in [2.45, 2.75) is 56.4 Å². The summed E-state index contributed by atoms with van der Waals surface area (Å²) in [6.07, 6.45) is 7.53. The molecule has 1 saturated carbocycles. The molecule has 0 spiro atoms. The summed E-state index contributed by atoms with van der Waals surface area (Å²) in [4.78, 5) is 29.2. The summed E-state index contributed by atoms with van der Waals surface area (Å²) in [5, 5.41) is 1.36. The Hall–Kier alpha value is -1.90. The third-order valence-electron chi connectivity index (χ3n) is 7.55. The van der Waals surface area contributed by atoms with Gasteiger partial charge in [0.1, 0.15) is 0 Å². The molecule has 8 heteroatoms. The van der Waals surface area contributed by atoms with Crippen molar-refractivity contribution in [2.24, 2.45) is 15.7 Å². The molecule has 3 unspecified atom stereocenters. The fourth-order valence-corrected chi connectivity index (χ4v) is 6.87. The molecule has 2 fully saturated rings. The van der Waals surface area contributed by atoms with Crippen LogP contribution in [0.2, 0.25) is 0 Å². The summed E-state index contributed by atoms with van der Waals surface area (Å²) >= 11 is 1.79. The molecule has 3 heterocycles. The quantitative estimate of drug-likeness (QED) is 0.666. The third kappa shape index (κ3) is 5.12. The van der Waals surface area contributed by atoms with Crippen LogP contribution in [0.4, 0.5) is 5.69 Å². The van der Waals surface area contributed by atoms with E-state index in [1.54, 1.807) is 11.8 Å². The summed E-state index contributed by atoms with van der Waals surface area (Å²) in [7, 11) is 0. The van der Waals surface area contributed by atoms with Gasteiger partial charge in [-0.1, -0.05) is 18.7 Å². The summed E-state index contributed by atoms with van der Waals surface area (Å²) in [5.41, 5.74) is 8.95. The van der Waals surface area contributed by atoms with Crippen LogP contribution in [0.15, 0.2) is 28.2 Å². The number of amides is 1. The lowest BCUT2D eigenvalue weighted by molar-refractivity contribution is 0.0602. The number of aliphatic imine (C=N–C) groups is 2. The van der Waals surface area contributed by atoms with Gasteiger partial charge in [0.15, 0.2) is 5.17 Å². The van der Waals surface area contributed by atoms with Gasteiger partial charge in [0.25, 0.3) is 5.91 Å². The van der Waals surface area contributed by atoms with Crippen LogP contribution in [0.3, 0.4) is 0 Å². The van der Waals surface area contributed by atoms with Gasteiger partial charge in [-0.15, -0.1) is 0 Å². The first-order valence-electron chi connectivity index (χ1n) is 12.5. The number of amidine groups is 1. The van der Waals surface area contributed by atoms with Crippen LogP contribution >= 0.6 is 11.8 Å². The second-order valence-electron chi connectivity index (χ2n) is 9.69. The maximum atomic E-state index is 13.0. The zero-order chi connectivity index (χ0) is 22.8. The molecule has 1 amide bonds. The highest BCUT2D eigenvalue weighted by molar-refractivity contribution is 8.14.